The lowest BCUT2D eigenvalue weighted by molar-refractivity contribution is -0.384. The van der Waals surface area contributed by atoms with Crippen molar-refractivity contribution >= 4 is 40.1 Å². The largest absolute Gasteiger partial charge is 0.407 e. The Balaban J connectivity index is 1.59. The van der Waals surface area contributed by atoms with E-state index in [0.29, 0.717) is 6.61 Å². The van der Waals surface area contributed by atoms with Crippen LogP contribution in [0, 0.1) is 10.1 Å². The van der Waals surface area contributed by atoms with Crippen LogP contribution in [0.25, 0.3) is 0 Å². The maximum atomic E-state index is 12.4. The lowest BCUT2D eigenvalue weighted by Crippen LogP contribution is -2.66. The second-order valence-corrected chi connectivity index (χ2v) is 17.1. The van der Waals surface area contributed by atoms with E-state index < -0.39 is 23.3 Å². The number of benzene rings is 3. The van der Waals surface area contributed by atoms with Crippen LogP contribution in [0.5, 0.6) is 0 Å². The van der Waals surface area contributed by atoms with E-state index in [-0.39, 0.29) is 23.0 Å². The lowest BCUT2D eigenvalue weighted by atomic mass is 10.2. The minimum absolute atomic E-state index is 0.0423. The number of para-hydroxylation sites is 2. The number of rotatable bonds is 14. The molecule has 0 aliphatic heterocycles. The number of nitro groups is 1. The Morgan fingerprint density at radius 1 is 0.850 bits per heavy atom. The van der Waals surface area contributed by atoms with Crippen LogP contribution in [0.15, 0.2) is 97.1 Å². The first-order valence-electron chi connectivity index (χ1n) is 13.6. The van der Waals surface area contributed by atoms with Crippen LogP contribution in [0.3, 0.4) is 0 Å². The number of nitrogens with zero attached hydrogens (tertiary/aromatic N) is 2. The number of nitro benzene ring substituents is 1. The molecule has 0 bridgehead atoms. The summed E-state index contributed by atoms with van der Waals surface area (Å²) < 4.78 is 32.7. The first-order valence-corrected chi connectivity index (χ1v) is 17.4. The third kappa shape index (κ3) is 7.68. The fourth-order valence-electron chi connectivity index (χ4n) is 5.06. The van der Waals surface area contributed by atoms with Crippen LogP contribution >= 0.6 is 0 Å². The van der Waals surface area contributed by atoms with Crippen LogP contribution in [0.2, 0.25) is 5.04 Å². The summed E-state index contributed by atoms with van der Waals surface area (Å²) >= 11 is 0. The molecule has 0 atom stereocenters. The number of sulfonamides is 1. The van der Waals surface area contributed by atoms with Gasteiger partial charge in [-0.15, -0.1) is 0 Å². The molecule has 0 unspecified atom stereocenters. The van der Waals surface area contributed by atoms with Crippen molar-refractivity contribution in [3.8, 4) is 0 Å². The minimum Gasteiger partial charge on any atom is -0.407 e. The minimum atomic E-state index is -3.69. The van der Waals surface area contributed by atoms with Crippen LogP contribution in [-0.4, -0.2) is 41.1 Å². The van der Waals surface area contributed by atoms with E-state index in [1.807, 2.05) is 18.2 Å². The molecule has 7 nitrogen and oxygen atoms in total. The van der Waals surface area contributed by atoms with Gasteiger partial charge in [-0.1, -0.05) is 112 Å². The first kappa shape index (κ1) is 31.3. The highest BCUT2D eigenvalue weighted by molar-refractivity contribution is 7.92. The predicted molar refractivity (Wildman–Crippen MR) is 166 cm³/mol. The highest BCUT2D eigenvalue weighted by Gasteiger charge is 2.49. The standard InChI is InChI=1S/C31H40N2O5SSi/c1-31(2,3)40(27-19-11-9-12-20-27,28-21-13-10-14-22-28)38-26-18-8-6-5-7-17-25-32(39(4,36)37)29-23-15-16-24-30(29)33(34)35/h7,9-17,19-24H,5-6,8,18,25-26H2,1-4H3/b17-7+. The highest BCUT2D eigenvalue weighted by atomic mass is 32.2. The maximum Gasteiger partial charge on any atom is 0.293 e. The van der Waals surface area contributed by atoms with E-state index in [9.17, 15) is 18.5 Å². The summed E-state index contributed by atoms with van der Waals surface area (Å²) in [4.78, 5) is 10.8. The average Bonchev–Trinajstić information content (AvgIpc) is 2.91. The van der Waals surface area contributed by atoms with E-state index in [4.69, 9.17) is 4.43 Å². The molecule has 0 aromatic heterocycles. The second-order valence-electron chi connectivity index (χ2n) is 10.9. The second kappa shape index (κ2) is 13.9. The van der Waals surface area contributed by atoms with Gasteiger partial charge >= 0.3 is 0 Å². The van der Waals surface area contributed by atoms with Crippen molar-refractivity contribution in [2.45, 2.75) is 51.5 Å². The Morgan fingerprint density at radius 3 is 1.93 bits per heavy atom. The van der Waals surface area contributed by atoms with Crippen LogP contribution in [-0.2, 0) is 14.4 Å². The molecule has 0 saturated carbocycles. The van der Waals surface area contributed by atoms with Crippen molar-refractivity contribution < 1.29 is 17.8 Å². The molecule has 3 aromatic rings. The predicted octanol–water partition coefficient (Wildman–Crippen LogP) is 6.05. The van der Waals surface area contributed by atoms with Crippen molar-refractivity contribution in [1.29, 1.82) is 0 Å². The molecule has 0 fully saturated rings. The van der Waals surface area contributed by atoms with Gasteiger partial charge in [0.05, 0.1) is 17.7 Å². The third-order valence-electron chi connectivity index (χ3n) is 6.94. The Hall–Kier alpha value is -3.27. The van der Waals surface area contributed by atoms with Gasteiger partial charge in [-0.3, -0.25) is 14.4 Å². The molecule has 3 aromatic carbocycles. The van der Waals surface area contributed by atoms with Gasteiger partial charge in [-0.25, -0.2) is 8.42 Å². The summed E-state index contributed by atoms with van der Waals surface area (Å²) in [6.45, 7) is 7.52. The quantitative estimate of drug-likeness (QED) is 0.0761. The van der Waals surface area contributed by atoms with Gasteiger partial charge in [-0.05, 0) is 40.7 Å². The number of hydrogen-bond acceptors (Lipinski definition) is 5. The highest BCUT2D eigenvalue weighted by Crippen LogP contribution is 2.37. The van der Waals surface area contributed by atoms with E-state index in [0.717, 1.165) is 36.2 Å². The Morgan fingerprint density at radius 2 is 1.40 bits per heavy atom. The number of unbranched alkanes of at least 4 members (excludes halogenated alkanes) is 3. The molecule has 0 heterocycles. The van der Waals surface area contributed by atoms with Crippen molar-refractivity contribution in [3.05, 3.63) is 107 Å². The zero-order valence-electron chi connectivity index (χ0n) is 23.8. The van der Waals surface area contributed by atoms with Crippen molar-refractivity contribution in [2.75, 3.05) is 23.7 Å². The van der Waals surface area contributed by atoms with Gasteiger partial charge < -0.3 is 4.43 Å². The topological polar surface area (TPSA) is 89.8 Å². The maximum absolute atomic E-state index is 12.4. The molecule has 40 heavy (non-hydrogen) atoms. The molecule has 0 spiro atoms. The molecular formula is C31H40N2O5SSi. The van der Waals surface area contributed by atoms with Gasteiger partial charge in [0, 0.05) is 12.7 Å². The molecular weight excluding hydrogens is 541 g/mol. The van der Waals surface area contributed by atoms with E-state index >= 15 is 0 Å². The van der Waals surface area contributed by atoms with E-state index in [1.165, 1.54) is 28.6 Å². The summed E-state index contributed by atoms with van der Waals surface area (Å²) in [5.41, 5.74) is -0.164. The van der Waals surface area contributed by atoms with Gasteiger partial charge in [0.15, 0.2) is 0 Å². The number of hydrogen-bond donors (Lipinski definition) is 0. The van der Waals surface area contributed by atoms with Crippen molar-refractivity contribution in [1.82, 2.24) is 0 Å². The molecule has 214 valence electrons. The van der Waals surface area contributed by atoms with Crippen LogP contribution in [0.1, 0.15) is 46.5 Å². The fraction of sp³-hybridized carbons (Fsp3) is 0.355. The Kier molecular flexibility index (Phi) is 10.8. The molecule has 0 N–H and O–H groups in total. The Bertz CT molecular complexity index is 1330. The fourth-order valence-corrected chi connectivity index (χ4v) is 10.5. The van der Waals surface area contributed by atoms with Crippen molar-refractivity contribution in [3.63, 3.8) is 0 Å². The molecule has 0 aliphatic carbocycles. The zero-order valence-corrected chi connectivity index (χ0v) is 25.6. The van der Waals surface area contributed by atoms with Gasteiger partial charge in [0.1, 0.15) is 5.69 Å². The summed E-state index contributed by atoms with van der Waals surface area (Å²) in [6.07, 6.45) is 8.38. The Labute approximate surface area is 239 Å². The molecule has 0 aliphatic rings. The van der Waals surface area contributed by atoms with E-state index in [2.05, 4.69) is 69.3 Å². The first-order chi connectivity index (χ1) is 19.0. The van der Waals surface area contributed by atoms with Gasteiger partial charge in [-0.2, -0.15) is 0 Å². The third-order valence-corrected chi connectivity index (χ3v) is 13.1. The van der Waals surface area contributed by atoms with Crippen LogP contribution in [0.4, 0.5) is 11.4 Å². The van der Waals surface area contributed by atoms with Crippen LogP contribution < -0.4 is 14.7 Å². The van der Waals surface area contributed by atoms with Crippen molar-refractivity contribution in [2.24, 2.45) is 0 Å². The summed E-state index contributed by atoms with van der Waals surface area (Å²) in [5.74, 6) is 0. The van der Waals surface area contributed by atoms with E-state index in [1.54, 1.807) is 12.1 Å². The lowest BCUT2D eigenvalue weighted by Gasteiger charge is -2.43. The summed E-state index contributed by atoms with van der Waals surface area (Å²) in [5, 5.41) is 13.9. The molecule has 9 heteroatoms. The monoisotopic (exact) mass is 580 g/mol. The summed E-state index contributed by atoms with van der Waals surface area (Å²) in [6, 6.07) is 27.1. The SMILES string of the molecule is CC(C)(C)[Si](OCCCCC/C=C/CN(c1ccccc1[N+](=O)[O-])S(C)(=O)=O)(c1ccccc1)c1ccccc1. The molecule has 0 amide bonds. The normalized spacial score (nSPS) is 12.5. The van der Waals surface area contributed by atoms with Gasteiger partial charge in [0.2, 0.25) is 10.0 Å². The smallest absolute Gasteiger partial charge is 0.293 e. The summed E-state index contributed by atoms with van der Waals surface area (Å²) in [7, 11) is -6.22. The molecule has 0 radical (unpaired) electrons. The zero-order chi connectivity index (χ0) is 29.2. The number of allylic oxidation sites excluding steroid dienone is 1. The molecule has 3 rings (SSSR count). The van der Waals surface area contributed by atoms with Gasteiger partial charge in [0.25, 0.3) is 14.0 Å². The number of anilines is 1. The average molecular weight is 581 g/mol. The molecule has 0 saturated heterocycles.